The van der Waals surface area contributed by atoms with Crippen LogP contribution in [0, 0.1) is 17.8 Å². The van der Waals surface area contributed by atoms with Crippen LogP contribution in [0.25, 0.3) is 0 Å². The van der Waals surface area contributed by atoms with Crippen LogP contribution in [0.2, 0.25) is 0 Å². The molecule has 7 atom stereocenters. The number of rotatable bonds is 19. The lowest BCUT2D eigenvalue weighted by atomic mass is 9.90. The molecule has 4 amide bonds. The van der Waals surface area contributed by atoms with Crippen LogP contribution in [-0.2, 0) is 35.1 Å². The zero-order valence-corrected chi connectivity index (χ0v) is 29.6. The van der Waals surface area contributed by atoms with Crippen molar-refractivity contribution in [1.82, 2.24) is 25.8 Å². The molecule has 0 radical (unpaired) electrons. The van der Waals surface area contributed by atoms with Crippen molar-refractivity contribution in [3.63, 3.8) is 0 Å². The van der Waals surface area contributed by atoms with Crippen LogP contribution in [-0.4, -0.2) is 112 Å². The number of carbonyl (C=O) groups excluding carboxylic acids is 4. The second kappa shape index (κ2) is 19.2. The largest absolute Gasteiger partial charge is 0.379 e. The highest BCUT2D eigenvalue weighted by Gasteiger charge is 2.42. The Hall–Kier alpha value is -2.54. The van der Waals surface area contributed by atoms with E-state index in [0.29, 0.717) is 13.1 Å². The predicted octanol–water partition coefficient (Wildman–Crippen LogP) is 2.69. The van der Waals surface area contributed by atoms with E-state index in [1.54, 1.807) is 44.6 Å². The van der Waals surface area contributed by atoms with Gasteiger partial charge >= 0.3 is 0 Å². The van der Waals surface area contributed by atoms with Gasteiger partial charge in [0.2, 0.25) is 23.6 Å². The molecule has 1 aromatic rings. The summed E-state index contributed by atoms with van der Waals surface area (Å²) in [5.41, 5.74) is 0. The van der Waals surface area contributed by atoms with Gasteiger partial charge in [0.1, 0.15) is 0 Å². The van der Waals surface area contributed by atoms with Crippen LogP contribution < -0.4 is 16.0 Å². The maximum atomic E-state index is 13.9. The Morgan fingerprint density at radius 3 is 2.36 bits per heavy atom. The minimum Gasteiger partial charge on any atom is -0.379 e. The maximum absolute atomic E-state index is 13.9. The molecule has 1 aliphatic heterocycles. The Morgan fingerprint density at radius 2 is 1.80 bits per heavy atom. The number of hydrogen-bond donors (Lipinski definition) is 3. The number of likely N-dealkylation sites (tertiary alicyclic amines) is 1. The molecular formula is C33H57N5O6S. The van der Waals surface area contributed by atoms with Crippen LogP contribution in [0.15, 0.2) is 17.5 Å². The fraction of sp³-hybridized carbons (Fsp3) is 0.758. The molecule has 3 N–H and O–H groups in total. The van der Waals surface area contributed by atoms with Crippen LogP contribution in [0.3, 0.4) is 0 Å². The molecule has 11 nitrogen and oxygen atoms in total. The van der Waals surface area contributed by atoms with Gasteiger partial charge in [0.15, 0.2) is 0 Å². The van der Waals surface area contributed by atoms with Gasteiger partial charge in [-0.1, -0.05) is 47.1 Å². The Balaban J connectivity index is 2.09. The van der Waals surface area contributed by atoms with Gasteiger partial charge in [0.05, 0.1) is 49.2 Å². The SMILES string of the molecule is CC[C@H](C)C(C(CC(=O)N1CCCC1C(OC)C(C)C(=O)NCCc1cccs1)OC)N(C)C(=O)CNC(=O)C(NC)C(C)C. The number of thiophene rings is 1. The quantitative estimate of drug-likeness (QED) is 0.210. The molecule has 2 heterocycles. The molecule has 45 heavy (non-hydrogen) atoms. The molecule has 0 bridgehead atoms. The molecule has 12 heteroatoms. The lowest BCUT2D eigenvalue weighted by molar-refractivity contribution is -0.145. The van der Waals surface area contributed by atoms with Gasteiger partial charge in [-0.2, -0.15) is 0 Å². The smallest absolute Gasteiger partial charge is 0.242 e. The van der Waals surface area contributed by atoms with E-state index in [9.17, 15) is 19.2 Å². The lowest BCUT2D eigenvalue weighted by Crippen LogP contribution is -2.55. The summed E-state index contributed by atoms with van der Waals surface area (Å²) in [5.74, 6) is -1.00. The summed E-state index contributed by atoms with van der Waals surface area (Å²) < 4.78 is 11.8. The van der Waals surface area contributed by atoms with Crippen molar-refractivity contribution >= 4 is 35.0 Å². The summed E-state index contributed by atoms with van der Waals surface area (Å²) in [4.78, 5) is 57.5. The van der Waals surface area contributed by atoms with Gasteiger partial charge in [-0.05, 0) is 49.6 Å². The first-order valence-electron chi connectivity index (χ1n) is 16.3. The van der Waals surface area contributed by atoms with E-state index in [-0.39, 0.29) is 60.5 Å². The van der Waals surface area contributed by atoms with E-state index in [1.165, 1.54) is 4.88 Å². The Labute approximate surface area is 274 Å². The predicted molar refractivity (Wildman–Crippen MR) is 178 cm³/mol. The first-order valence-corrected chi connectivity index (χ1v) is 17.1. The highest BCUT2D eigenvalue weighted by atomic mass is 32.1. The molecule has 0 aromatic carbocycles. The number of hydrogen-bond acceptors (Lipinski definition) is 8. The lowest BCUT2D eigenvalue weighted by Gasteiger charge is -2.39. The molecule has 6 unspecified atom stereocenters. The molecule has 1 saturated heterocycles. The monoisotopic (exact) mass is 651 g/mol. The molecule has 0 saturated carbocycles. The number of amides is 4. The molecule has 0 spiro atoms. The molecule has 0 aliphatic carbocycles. The number of nitrogens with one attached hydrogen (secondary N) is 3. The molecule has 1 aromatic heterocycles. The van der Waals surface area contributed by atoms with Crippen LogP contribution in [0.4, 0.5) is 0 Å². The Morgan fingerprint density at radius 1 is 1.09 bits per heavy atom. The highest BCUT2D eigenvalue weighted by Crippen LogP contribution is 2.29. The normalized spacial score (nSPS) is 19.0. The number of ether oxygens (including phenoxy) is 2. The number of carbonyl (C=O) groups is 4. The van der Waals surface area contributed by atoms with Crippen molar-refractivity contribution in [2.45, 2.75) is 97.1 Å². The fourth-order valence-corrected chi connectivity index (χ4v) is 7.12. The minimum atomic E-state index is -0.557. The summed E-state index contributed by atoms with van der Waals surface area (Å²) >= 11 is 1.67. The van der Waals surface area contributed by atoms with Gasteiger partial charge in [0, 0.05) is 39.2 Å². The second-order valence-electron chi connectivity index (χ2n) is 12.5. The van der Waals surface area contributed by atoms with E-state index in [1.807, 2.05) is 51.0 Å². The third kappa shape index (κ3) is 10.8. The first kappa shape index (κ1) is 38.6. The summed E-state index contributed by atoms with van der Waals surface area (Å²) in [6, 6.07) is 3.03. The second-order valence-corrected chi connectivity index (χ2v) is 13.5. The van der Waals surface area contributed by atoms with Crippen molar-refractivity contribution in [1.29, 1.82) is 0 Å². The van der Waals surface area contributed by atoms with Gasteiger partial charge in [-0.15, -0.1) is 11.3 Å². The highest BCUT2D eigenvalue weighted by molar-refractivity contribution is 7.09. The maximum Gasteiger partial charge on any atom is 0.242 e. The summed E-state index contributed by atoms with van der Waals surface area (Å²) in [6.07, 6.45) is 2.18. The topological polar surface area (TPSA) is 129 Å². The van der Waals surface area contributed by atoms with Gasteiger partial charge in [0.25, 0.3) is 0 Å². The van der Waals surface area contributed by atoms with Crippen LogP contribution >= 0.6 is 11.3 Å². The molecule has 256 valence electrons. The third-order valence-corrected chi connectivity index (χ3v) is 10.2. The standard InChI is InChI=1S/C33H57N5O6S/c1-10-22(4)30(37(7)28(40)20-36-33(42)29(34-6)21(2)3)26(43-8)19-27(39)38-17-11-14-25(38)31(44-9)23(5)32(41)35-16-15-24-13-12-18-45-24/h12-13,18,21-23,25-26,29-31,34H,10-11,14-17,19-20H2,1-9H3,(H,35,41)(H,36,42)/t22-,23?,25?,26?,29?,30?,31?/m0/s1. The van der Waals surface area contributed by atoms with E-state index < -0.39 is 24.2 Å². The average molecular weight is 652 g/mol. The summed E-state index contributed by atoms with van der Waals surface area (Å²) in [5, 5.41) is 10.8. The van der Waals surface area contributed by atoms with Crippen molar-refractivity contribution in [3.05, 3.63) is 22.4 Å². The Bertz CT molecular complexity index is 1070. The van der Waals surface area contributed by atoms with Gasteiger partial charge in [-0.25, -0.2) is 0 Å². The van der Waals surface area contributed by atoms with Crippen molar-refractivity contribution in [2.75, 3.05) is 47.9 Å². The van der Waals surface area contributed by atoms with E-state index in [2.05, 4.69) is 22.0 Å². The van der Waals surface area contributed by atoms with Crippen molar-refractivity contribution < 1.29 is 28.7 Å². The number of methoxy groups -OCH3 is 2. The van der Waals surface area contributed by atoms with Crippen molar-refractivity contribution in [3.8, 4) is 0 Å². The third-order valence-electron chi connectivity index (χ3n) is 9.23. The summed E-state index contributed by atoms with van der Waals surface area (Å²) in [6.45, 7) is 10.8. The number of likely N-dealkylation sites (N-methyl/N-ethyl adjacent to an activating group) is 2. The minimum absolute atomic E-state index is 0.0344. The molecule has 1 aliphatic rings. The van der Waals surface area contributed by atoms with E-state index in [4.69, 9.17) is 9.47 Å². The van der Waals surface area contributed by atoms with Crippen LogP contribution in [0.5, 0.6) is 0 Å². The average Bonchev–Trinajstić information content (AvgIpc) is 3.72. The van der Waals surface area contributed by atoms with Gasteiger partial charge < -0.3 is 35.2 Å². The van der Waals surface area contributed by atoms with E-state index in [0.717, 1.165) is 25.7 Å². The molecular weight excluding hydrogens is 594 g/mol. The van der Waals surface area contributed by atoms with Crippen molar-refractivity contribution in [2.24, 2.45) is 17.8 Å². The fourth-order valence-electron chi connectivity index (χ4n) is 6.41. The van der Waals surface area contributed by atoms with Crippen LogP contribution in [0.1, 0.15) is 65.2 Å². The van der Waals surface area contributed by atoms with Gasteiger partial charge in [-0.3, -0.25) is 19.2 Å². The molecule has 1 fully saturated rings. The zero-order chi connectivity index (χ0) is 33.7. The first-order chi connectivity index (χ1) is 21.4. The van der Waals surface area contributed by atoms with E-state index >= 15 is 0 Å². The Kier molecular flexibility index (Phi) is 16.5. The number of nitrogens with zero attached hydrogens (tertiary/aromatic N) is 2. The molecule has 2 rings (SSSR count). The summed E-state index contributed by atoms with van der Waals surface area (Å²) in [7, 11) is 6.59. The zero-order valence-electron chi connectivity index (χ0n) is 28.8.